The zero-order chi connectivity index (χ0) is 23.5. The van der Waals surface area contributed by atoms with Crippen LogP contribution in [-0.2, 0) is 4.79 Å². The summed E-state index contributed by atoms with van der Waals surface area (Å²) in [4.78, 5) is 17.2. The van der Waals surface area contributed by atoms with Gasteiger partial charge in [0.05, 0.1) is 0 Å². The van der Waals surface area contributed by atoms with E-state index in [1.165, 1.54) is 5.56 Å². The first-order valence-electron chi connectivity index (χ1n) is 11.5. The summed E-state index contributed by atoms with van der Waals surface area (Å²) in [7, 11) is 0. The Bertz CT molecular complexity index is 1470. The first-order chi connectivity index (χ1) is 16.6. The minimum atomic E-state index is -0.235. The molecule has 0 fully saturated rings. The van der Waals surface area contributed by atoms with E-state index in [-0.39, 0.29) is 12.5 Å². The Kier molecular flexibility index (Phi) is 6.00. The number of amides is 1. The Labute approximate surface area is 198 Å². The molecule has 5 heteroatoms. The van der Waals surface area contributed by atoms with Crippen molar-refractivity contribution in [2.75, 3.05) is 11.9 Å². The Morgan fingerprint density at radius 2 is 1.82 bits per heavy atom. The molecular weight excluding hydrogens is 424 g/mol. The van der Waals surface area contributed by atoms with Crippen LogP contribution in [-0.4, -0.2) is 17.5 Å². The molecule has 0 saturated carbocycles. The van der Waals surface area contributed by atoms with E-state index in [1.807, 2.05) is 72.8 Å². The van der Waals surface area contributed by atoms with Crippen molar-refractivity contribution in [1.29, 1.82) is 0 Å². The molecular formula is C29H26N2O3. The smallest absolute Gasteiger partial charge is 0.262 e. The molecule has 0 spiro atoms. The summed E-state index contributed by atoms with van der Waals surface area (Å²) in [5, 5.41) is 4.95. The molecule has 1 amide bonds. The van der Waals surface area contributed by atoms with Crippen LogP contribution < -0.4 is 10.1 Å². The average molecular weight is 451 g/mol. The van der Waals surface area contributed by atoms with Crippen LogP contribution >= 0.6 is 0 Å². The highest BCUT2D eigenvalue weighted by molar-refractivity contribution is 5.93. The van der Waals surface area contributed by atoms with Crippen molar-refractivity contribution in [3.63, 3.8) is 0 Å². The van der Waals surface area contributed by atoms with Gasteiger partial charge in [-0.2, -0.15) is 0 Å². The van der Waals surface area contributed by atoms with Crippen LogP contribution in [0.5, 0.6) is 5.75 Å². The maximum absolute atomic E-state index is 12.6. The number of nitrogens with one attached hydrogen (secondary N) is 1. The summed E-state index contributed by atoms with van der Waals surface area (Å²) in [6.07, 6.45) is 1.07. The topological polar surface area (TPSA) is 64.4 Å². The van der Waals surface area contributed by atoms with Crippen molar-refractivity contribution in [1.82, 2.24) is 4.98 Å². The van der Waals surface area contributed by atoms with Gasteiger partial charge in [-0.05, 0) is 59.7 Å². The van der Waals surface area contributed by atoms with Gasteiger partial charge in [0.1, 0.15) is 11.3 Å². The summed E-state index contributed by atoms with van der Waals surface area (Å²) in [6.45, 7) is 4.30. The number of fused-ring (bicyclic) bond motifs is 2. The molecule has 5 aromatic rings. The van der Waals surface area contributed by atoms with Crippen LogP contribution in [0.4, 0.5) is 5.69 Å². The van der Waals surface area contributed by atoms with Crippen LogP contribution in [0.15, 0.2) is 89.3 Å². The number of hydrogen-bond donors (Lipinski definition) is 1. The Morgan fingerprint density at radius 3 is 2.71 bits per heavy atom. The van der Waals surface area contributed by atoms with E-state index >= 15 is 0 Å². The number of nitrogens with zero attached hydrogens (tertiary/aromatic N) is 1. The quantitative estimate of drug-likeness (QED) is 0.285. The van der Waals surface area contributed by atoms with Gasteiger partial charge in [0, 0.05) is 16.6 Å². The van der Waals surface area contributed by atoms with E-state index in [0.29, 0.717) is 23.2 Å². The molecule has 0 radical (unpaired) electrons. The van der Waals surface area contributed by atoms with Gasteiger partial charge >= 0.3 is 0 Å². The maximum atomic E-state index is 12.6. The Balaban J connectivity index is 1.29. The summed E-state index contributed by atoms with van der Waals surface area (Å²) >= 11 is 0. The lowest BCUT2D eigenvalue weighted by Crippen LogP contribution is -2.20. The van der Waals surface area contributed by atoms with E-state index in [9.17, 15) is 4.79 Å². The first kappa shape index (κ1) is 21.7. The van der Waals surface area contributed by atoms with E-state index in [1.54, 1.807) is 0 Å². The van der Waals surface area contributed by atoms with Gasteiger partial charge in [0.2, 0.25) is 5.89 Å². The first-order valence-corrected chi connectivity index (χ1v) is 11.5. The van der Waals surface area contributed by atoms with Crippen LogP contribution in [0.2, 0.25) is 0 Å². The lowest BCUT2D eigenvalue weighted by molar-refractivity contribution is -0.118. The number of oxazole rings is 1. The molecule has 0 aliphatic heterocycles. The Morgan fingerprint density at radius 1 is 1.00 bits per heavy atom. The second-order valence-electron chi connectivity index (χ2n) is 8.45. The fourth-order valence-corrected chi connectivity index (χ4v) is 4.00. The van der Waals surface area contributed by atoms with Gasteiger partial charge < -0.3 is 14.5 Å². The molecule has 5 nitrogen and oxygen atoms in total. The third-order valence-corrected chi connectivity index (χ3v) is 6.09. The van der Waals surface area contributed by atoms with Crippen molar-refractivity contribution in [2.45, 2.75) is 26.2 Å². The normalized spacial score (nSPS) is 12.1. The van der Waals surface area contributed by atoms with Crippen molar-refractivity contribution in [2.24, 2.45) is 0 Å². The van der Waals surface area contributed by atoms with Crippen LogP contribution in [0.3, 0.4) is 0 Å². The van der Waals surface area contributed by atoms with Gasteiger partial charge in [-0.15, -0.1) is 0 Å². The second kappa shape index (κ2) is 9.40. The van der Waals surface area contributed by atoms with Crippen molar-refractivity contribution >= 4 is 33.5 Å². The van der Waals surface area contributed by atoms with E-state index in [4.69, 9.17) is 9.15 Å². The van der Waals surface area contributed by atoms with Gasteiger partial charge in [-0.3, -0.25) is 4.79 Å². The largest absolute Gasteiger partial charge is 0.483 e. The molecule has 34 heavy (non-hydrogen) atoms. The molecule has 5 rings (SSSR count). The standard InChI is InChI=1S/C29H26N2O3/c1-3-19(2)21-14-15-27-25(17-21)31-29(34-27)22-10-6-11-23(16-22)30-28(32)18-33-26-13-7-9-20-8-4-5-12-24(20)26/h4-17,19H,3,18H2,1-2H3,(H,30,32)/t19-/m0/s1. The van der Waals surface area contributed by atoms with Gasteiger partial charge in [-0.25, -0.2) is 4.98 Å². The SMILES string of the molecule is CC[C@H](C)c1ccc2oc(-c3cccc(NC(=O)COc4cccc5ccccc45)c3)nc2c1. The fourth-order valence-electron chi connectivity index (χ4n) is 4.00. The molecule has 0 bridgehead atoms. The van der Waals surface area contributed by atoms with Gasteiger partial charge in [0.25, 0.3) is 5.91 Å². The molecule has 0 aliphatic rings. The lowest BCUT2D eigenvalue weighted by atomic mass is 9.98. The monoisotopic (exact) mass is 450 g/mol. The molecule has 0 aliphatic carbocycles. The molecule has 0 saturated heterocycles. The molecule has 1 heterocycles. The number of carbonyl (C=O) groups is 1. The van der Waals surface area contributed by atoms with E-state index < -0.39 is 0 Å². The molecule has 1 atom stereocenters. The highest BCUT2D eigenvalue weighted by Gasteiger charge is 2.12. The summed E-state index contributed by atoms with van der Waals surface area (Å²) < 4.78 is 11.8. The number of benzene rings is 4. The zero-order valence-corrected chi connectivity index (χ0v) is 19.2. The molecule has 1 aromatic heterocycles. The number of anilines is 1. The highest BCUT2D eigenvalue weighted by atomic mass is 16.5. The average Bonchev–Trinajstić information content (AvgIpc) is 3.31. The Hall–Kier alpha value is -4.12. The summed E-state index contributed by atoms with van der Waals surface area (Å²) in [5.41, 5.74) is 4.30. The van der Waals surface area contributed by atoms with Gasteiger partial charge in [-0.1, -0.05) is 62.4 Å². The van der Waals surface area contributed by atoms with E-state index in [2.05, 4.69) is 36.3 Å². The second-order valence-corrected chi connectivity index (χ2v) is 8.45. The highest BCUT2D eigenvalue weighted by Crippen LogP contribution is 2.29. The summed E-state index contributed by atoms with van der Waals surface area (Å²) in [5.74, 6) is 1.45. The molecule has 4 aromatic carbocycles. The lowest BCUT2D eigenvalue weighted by Gasteiger charge is -2.10. The fraction of sp³-hybridized carbons (Fsp3) is 0.172. The maximum Gasteiger partial charge on any atom is 0.262 e. The summed E-state index contributed by atoms with van der Waals surface area (Å²) in [6, 6.07) is 27.4. The third-order valence-electron chi connectivity index (χ3n) is 6.09. The zero-order valence-electron chi connectivity index (χ0n) is 19.2. The number of rotatable bonds is 7. The molecule has 1 N–H and O–H groups in total. The number of carbonyl (C=O) groups excluding carboxylic acids is 1. The van der Waals surface area contributed by atoms with Crippen molar-refractivity contribution < 1.29 is 13.9 Å². The number of hydrogen-bond acceptors (Lipinski definition) is 4. The minimum Gasteiger partial charge on any atom is -0.483 e. The number of aromatic nitrogens is 1. The van der Waals surface area contributed by atoms with Crippen LogP contribution in [0.25, 0.3) is 33.3 Å². The predicted octanol–water partition coefficient (Wildman–Crippen LogP) is 7.18. The number of ether oxygens (including phenoxy) is 1. The van der Waals surface area contributed by atoms with Crippen molar-refractivity contribution in [3.8, 4) is 17.2 Å². The van der Waals surface area contributed by atoms with Gasteiger partial charge in [0.15, 0.2) is 12.2 Å². The van der Waals surface area contributed by atoms with Crippen LogP contribution in [0, 0.1) is 0 Å². The third kappa shape index (κ3) is 4.50. The predicted molar refractivity (Wildman–Crippen MR) is 136 cm³/mol. The molecule has 170 valence electrons. The minimum absolute atomic E-state index is 0.0838. The van der Waals surface area contributed by atoms with Crippen molar-refractivity contribution in [3.05, 3.63) is 90.5 Å². The van der Waals surface area contributed by atoms with Crippen LogP contribution in [0.1, 0.15) is 31.7 Å². The van der Waals surface area contributed by atoms with E-state index in [0.717, 1.165) is 33.9 Å². The molecule has 0 unspecified atom stereocenters.